The Labute approximate surface area is 189 Å². The van der Waals surface area contributed by atoms with Crippen LogP contribution in [0.15, 0.2) is 70.6 Å². The predicted molar refractivity (Wildman–Crippen MR) is 135 cm³/mol. The molecule has 1 heterocycles. The Bertz CT molecular complexity index is 712. The van der Waals surface area contributed by atoms with Crippen LogP contribution >= 0.6 is 0 Å². The molecular weight excluding hydrogens is 376 g/mol. The van der Waals surface area contributed by atoms with Crippen LogP contribution in [0.5, 0.6) is 0 Å². The second kappa shape index (κ2) is 13.9. The van der Waals surface area contributed by atoms with Crippen molar-refractivity contribution in [2.24, 2.45) is 21.8 Å². The molecule has 0 saturated carbocycles. The van der Waals surface area contributed by atoms with Crippen LogP contribution < -0.4 is 0 Å². The minimum atomic E-state index is 0.413. The fraction of sp³-hybridized carbons (Fsp3) is 0.483. The first-order valence-electron chi connectivity index (χ1n) is 12.4. The average molecular weight is 416 g/mol. The van der Waals surface area contributed by atoms with Crippen LogP contribution in [-0.2, 0) is 12.8 Å². The molecule has 0 radical (unpaired) electrons. The van der Waals surface area contributed by atoms with E-state index in [2.05, 4.69) is 77.6 Å². The van der Waals surface area contributed by atoms with E-state index in [4.69, 9.17) is 0 Å². The fourth-order valence-electron chi connectivity index (χ4n) is 4.71. The Morgan fingerprint density at radius 1 is 0.645 bits per heavy atom. The van der Waals surface area contributed by atoms with E-state index in [1.165, 1.54) is 68.9 Å². The number of rotatable bonds is 15. The lowest BCUT2D eigenvalue weighted by Gasteiger charge is -2.26. The molecular formula is C29H39N2+. The summed E-state index contributed by atoms with van der Waals surface area (Å²) in [4.78, 5) is 9.32. The smallest absolute Gasteiger partial charge is 0.0965 e. The summed E-state index contributed by atoms with van der Waals surface area (Å²) in [7, 11) is 0. The molecule has 2 nitrogen and oxygen atoms in total. The second-order valence-electron chi connectivity index (χ2n) is 8.92. The van der Waals surface area contributed by atoms with Gasteiger partial charge in [0.1, 0.15) is 0 Å². The Hall–Kier alpha value is -2.35. The quantitative estimate of drug-likeness (QED) is 0.209. The number of hydrogen-bond acceptors (Lipinski definition) is 2. The number of unbranched alkanes of at least 4 members (excludes halogenated alkanes) is 7. The Morgan fingerprint density at radius 2 is 1.13 bits per heavy atom. The molecule has 1 atom stereocenters. The highest BCUT2D eigenvalue weighted by Gasteiger charge is 2.35. The molecule has 1 aliphatic rings. The summed E-state index contributed by atoms with van der Waals surface area (Å²) in [5.74, 6) is 0.923. The first-order chi connectivity index (χ1) is 15.4. The van der Waals surface area contributed by atoms with Gasteiger partial charge < -0.3 is 0 Å². The van der Waals surface area contributed by atoms with E-state index in [9.17, 15) is 0 Å². The van der Waals surface area contributed by atoms with Gasteiger partial charge in [-0.2, -0.15) is 0 Å². The van der Waals surface area contributed by atoms with E-state index in [0.717, 1.165) is 19.0 Å². The molecule has 0 aromatic heterocycles. The van der Waals surface area contributed by atoms with Crippen molar-refractivity contribution in [3.8, 4) is 0 Å². The highest BCUT2D eigenvalue weighted by atomic mass is 15.0. The van der Waals surface area contributed by atoms with Gasteiger partial charge in [0.25, 0.3) is 0 Å². The average Bonchev–Trinajstić information content (AvgIpc) is 3.34. The largest absolute Gasteiger partial charge is 0.244 e. The lowest BCUT2D eigenvalue weighted by molar-refractivity contribution is 0.306. The molecule has 3 rings (SSSR count). The van der Waals surface area contributed by atoms with E-state index in [-0.39, 0.29) is 0 Å². The van der Waals surface area contributed by atoms with Gasteiger partial charge >= 0.3 is 0 Å². The molecule has 0 spiro atoms. The maximum Gasteiger partial charge on any atom is 0.244 e. The molecule has 0 N–H and O–H groups in total. The van der Waals surface area contributed by atoms with Crippen molar-refractivity contribution in [1.29, 1.82) is 0 Å². The molecule has 0 bridgehead atoms. The molecule has 2 aromatic rings. The van der Waals surface area contributed by atoms with E-state index in [1.54, 1.807) is 0 Å². The monoisotopic (exact) mass is 415 g/mol. The van der Waals surface area contributed by atoms with E-state index >= 15 is 0 Å². The van der Waals surface area contributed by atoms with Crippen LogP contribution in [0.25, 0.3) is 0 Å². The zero-order valence-corrected chi connectivity index (χ0v) is 19.3. The van der Waals surface area contributed by atoms with Gasteiger partial charge in [0, 0.05) is 0 Å². The lowest BCUT2D eigenvalue weighted by atomic mass is 9.78. The first kappa shape index (κ1) is 23.3. The van der Waals surface area contributed by atoms with Crippen molar-refractivity contribution in [3.05, 3.63) is 78.0 Å². The molecule has 0 amide bonds. The predicted octanol–water partition coefficient (Wildman–Crippen LogP) is 7.88. The second-order valence-corrected chi connectivity index (χ2v) is 8.92. The number of nitrogens with zero attached hydrogens (tertiary/aromatic N) is 2. The van der Waals surface area contributed by atoms with Gasteiger partial charge in [-0.05, 0) is 36.3 Å². The van der Waals surface area contributed by atoms with E-state index < -0.39 is 0 Å². The number of aliphatic imine (C=N–C) groups is 2. The minimum Gasteiger partial charge on any atom is -0.0965 e. The summed E-state index contributed by atoms with van der Waals surface area (Å²) in [5.41, 5.74) is 2.83. The molecule has 164 valence electrons. The van der Waals surface area contributed by atoms with E-state index in [0.29, 0.717) is 11.8 Å². The van der Waals surface area contributed by atoms with Crippen LogP contribution in [0.2, 0.25) is 0 Å². The van der Waals surface area contributed by atoms with Crippen molar-refractivity contribution in [1.82, 2.24) is 0 Å². The molecule has 2 heteroatoms. The number of hydrogen-bond donors (Lipinski definition) is 0. The summed E-state index contributed by atoms with van der Waals surface area (Å²) >= 11 is 0. The van der Waals surface area contributed by atoms with Crippen LogP contribution in [0, 0.1) is 18.0 Å². The zero-order chi connectivity index (χ0) is 21.6. The molecule has 1 unspecified atom stereocenters. The third kappa shape index (κ3) is 8.36. The van der Waals surface area contributed by atoms with Gasteiger partial charge in [-0.1, -0.05) is 129 Å². The van der Waals surface area contributed by atoms with Crippen LogP contribution in [0.3, 0.4) is 0 Å². The fourth-order valence-corrected chi connectivity index (χ4v) is 4.71. The summed E-state index contributed by atoms with van der Waals surface area (Å²) < 4.78 is 0. The number of benzene rings is 2. The van der Waals surface area contributed by atoms with Crippen LogP contribution in [0.4, 0.5) is 0 Å². The first-order valence-corrected chi connectivity index (χ1v) is 12.4. The molecule has 0 fully saturated rings. The van der Waals surface area contributed by atoms with Gasteiger partial charge in [0.2, 0.25) is 6.17 Å². The summed E-state index contributed by atoms with van der Waals surface area (Å²) in [6.07, 6.45) is 18.9. The van der Waals surface area contributed by atoms with Crippen LogP contribution in [-0.4, -0.2) is 12.4 Å². The highest BCUT2D eigenvalue weighted by Crippen LogP contribution is 2.36. The third-order valence-corrected chi connectivity index (χ3v) is 6.43. The molecule has 0 aliphatic carbocycles. The highest BCUT2D eigenvalue weighted by molar-refractivity contribution is 6.18. The Balaban J connectivity index is 1.63. The summed E-state index contributed by atoms with van der Waals surface area (Å²) in [6, 6.07) is 21.9. The lowest BCUT2D eigenvalue weighted by Crippen LogP contribution is -2.24. The van der Waals surface area contributed by atoms with Crippen molar-refractivity contribution in [3.63, 3.8) is 0 Å². The third-order valence-electron chi connectivity index (χ3n) is 6.43. The normalized spacial score (nSPS) is 13.9. The van der Waals surface area contributed by atoms with Crippen molar-refractivity contribution < 1.29 is 0 Å². The van der Waals surface area contributed by atoms with E-state index in [1.807, 2.05) is 12.4 Å². The van der Waals surface area contributed by atoms with Crippen molar-refractivity contribution in [2.75, 3.05) is 0 Å². The zero-order valence-electron chi connectivity index (χ0n) is 19.3. The van der Waals surface area contributed by atoms with Gasteiger partial charge in [-0.3, -0.25) is 0 Å². The maximum absolute atomic E-state index is 4.66. The van der Waals surface area contributed by atoms with Crippen molar-refractivity contribution >= 4 is 12.4 Å². The Kier molecular flexibility index (Phi) is 10.4. The van der Waals surface area contributed by atoms with Crippen LogP contribution in [0.1, 0.15) is 75.8 Å². The Morgan fingerprint density at radius 3 is 1.65 bits per heavy atom. The topological polar surface area (TPSA) is 24.7 Å². The molecule has 2 aromatic carbocycles. The molecule has 0 saturated heterocycles. The van der Waals surface area contributed by atoms with Gasteiger partial charge in [0.05, 0.1) is 5.92 Å². The van der Waals surface area contributed by atoms with Gasteiger partial charge in [-0.25, -0.2) is 0 Å². The maximum atomic E-state index is 4.66. The van der Waals surface area contributed by atoms with Gasteiger partial charge in [-0.15, -0.1) is 0 Å². The summed E-state index contributed by atoms with van der Waals surface area (Å²) in [5, 5.41) is 0. The standard InChI is InChI=1S/C29H39N2/c1-2-3-4-5-6-7-8-15-20-28(29-30-21-22-31-29)27(23-25-16-11-9-12-17-25)24-26-18-13-10-14-19-26/h9-14,16-19,21-22,27-28H,2-8,15,20,23-24H2,1H3/q+1. The SMILES string of the molecule is CCCCCCCCCCC([C+]1N=CC=N1)C(Cc1ccccc1)Cc1ccccc1. The van der Waals surface area contributed by atoms with Gasteiger partial charge in [0.15, 0.2) is 12.4 Å². The molecule has 1 aliphatic heterocycles. The van der Waals surface area contributed by atoms with Crippen molar-refractivity contribution in [2.45, 2.75) is 77.6 Å². The summed E-state index contributed by atoms with van der Waals surface area (Å²) in [6.45, 7) is 2.28. The molecule has 31 heavy (non-hydrogen) atoms. The minimum absolute atomic E-state index is 0.413.